The molecule has 0 spiro atoms. The van der Waals surface area contributed by atoms with Gasteiger partial charge in [0.15, 0.2) is 0 Å². The lowest BCUT2D eigenvalue weighted by molar-refractivity contribution is 0.210. The van der Waals surface area contributed by atoms with E-state index in [1.165, 1.54) is 0 Å². The molecular weight excluding hydrogens is 252 g/mol. The summed E-state index contributed by atoms with van der Waals surface area (Å²) >= 11 is 0. The van der Waals surface area contributed by atoms with Gasteiger partial charge in [0.25, 0.3) is 0 Å². The quantitative estimate of drug-likeness (QED) is 0.873. The van der Waals surface area contributed by atoms with Crippen molar-refractivity contribution in [3.05, 3.63) is 59.7 Å². The molecule has 0 amide bonds. The molecule has 0 bridgehead atoms. The molecule has 20 heavy (non-hydrogen) atoms. The highest BCUT2D eigenvalue weighted by molar-refractivity contribution is 5.42. The van der Waals surface area contributed by atoms with Gasteiger partial charge in [-0.1, -0.05) is 37.3 Å². The zero-order chi connectivity index (χ0) is 14.4. The number of methoxy groups -OCH3 is 1. The van der Waals surface area contributed by atoms with Crippen LogP contribution in [0, 0.1) is 0 Å². The monoisotopic (exact) mass is 272 g/mol. The van der Waals surface area contributed by atoms with Crippen LogP contribution in [0.4, 0.5) is 0 Å². The molecular formula is C17H20O3. The molecule has 0 aromatic heterocycles. The van der Waals surface area contributed by atoms with Crippen molar-refractivity contribution < 1.29 is 14.6 Å². The summed E-state index contributed by atoms with van der Waals surface area (Å²) < 4.78 is 10.9. The van der Waals surface area contributed by atoms with Crippen molar-refractivity contribution in [2.45, 2.75) is 19.4 Å². The van der Waals surface area contributed by atoms with Crippen LogP contribution in [-0.2, 0) is 0 Å². The van der Waals surface area contributed by atoms with Crippen molar-refractivity contribution in [1.82, 2.24) is 0 Å². The third kappa shape index (κ3) is 3.31. The first-order valence-electron chi connectivity index (χ1n) is 6.80. The van der Waals surface area contributed by atoms with Crippen LogP contribution in [0.2, 0.25) is 0 Å². The molecule has 0 heterocycles. The Morgan fingerprint density at radius 3 is 2.65 bits per heavy atom. The van der Waals surface area contributed by atoms with Crippen LogP contribution in [0.25, 0.3) is 0 Å². The standard InChI is InChI=1S/C17H20O3/c1-3-11-20-16-10-5-4-9-15(16)17(18)13-7-6-8-14(12-13)19-2/h4-10,12,17-18H,3,11H2,1-2H3. The topological polar surface area (TPSA) is 38.7 Å². The van der Waals surface area contributed by atoms with Crippen LogP contribution in [-0.4, -0.2) is 18.8 Å². The second-order valence-corrected chi connectivity index (χ2v) is 4.57. The van der Waals surface area contributed by atoms with Gasteiger partial charge < -0.3 is 14.6 Å². The molecule has 0 saturated heterocycles. The molecule has 0 aliphatic carbocycles. The van der Waals surface area contributed by atoms with Gasteiger partial charge in [-0.25, -0.2) is 0 Å². The first kappa shape index (κ1) is 14.4. The second kappa shape index (κ2) is 6.96. The minimum absolute atomic E-state index is 0.641. The molecule has 1 unspecified atom stereocenters. The van der Waals surface area contributed by atoms with Crippen LogP contribution in [0.1, 0.15) is 30.6 Å². The van der Waals surface area contributed by atoms with Gasteiger partial charge in [-0.3, -0.25) is 0 Å². The van der Waals surface area contributed by atoms with E-state index < -0.39 is 6.10 Å². The van der Waals surface area contributed by atoms with Crippen LogP contribution in [0.3, 0.4) is 0 Å². The van der Waals surface area contributed by atoms with Gasteiger partial charge >= 0.3 is 0 Å². The van der Waals surface area contributed by atoms with E-state index >= 15 is 0 Å². The fourth-order valence-electron chi connectivity index (χ4n) is 2.04. The normalized spacial score (nSPS) is 11.9. The fourth-order valence-corrected chi connectivity index (χ4v) is 2.04. The summed E-state index contributed by atoms with van der Waals surface area (Å²) in [5.41, 5.74) is 1.56. The highest BCUT2D eigenvalue weighted by atomic mass is 16.5. The fraction of sp³-hybridized carbons (Fsp3) is 0.294. The molecule has 3 heteroatoms. The van der Waals surface area contributed by atoms with Crippen LogP contribution < -0.4 is 9.47 Å². The first-order chi connectivity index (χ1) is 9.76. The van der Waals surface area contributed by atoms with Gasteiger partial charge in [0.2, 0.25) is 0 Å². The summed E-state index contributed by atoms with van der Waals surface area (Å²) in [5, 5.41) is 10.6. The summed E-state index contributed by atoms with van der Waals surface area (Å²) in [4.78, 5) is 0. The lowest BCUT2D eigenvalue weighted by atomic mass is 10.0. The van der Waals surface area contributed by atoms with E-state index in [1.54, 1.807) is 7.11 Å². The van der Waals surface area contributed by atoms with E-state index in [0.717, 1.165) is 29.0 Å². The van der Waals surface area contributed by atoms with E-state index in [-0.39, 0.29) is 0 Å². The molecule has 106 valence electrons. The average molecular weight is 272 g/mol. The predicted octanol–water partition coefficient (Wildman–Crippen LogP) is 3.57. The van der Waals surface area contributed by atoms with Crippen molar-refractivity contribution in [2.75, 3.05) is 13.7 Å². The highest BCUT2D eigenvalue weighted by Gasteiger charge is 2.15. The van der Waals surface area contributed by atoms with Crippen LogP contribution in [0.5, 0.6) is 11.5 Å². The minimum atomic E-state index is -0.724. The van der Waals surface area contributed by atoms with E-state index in [0.29, 0.717) is 6.61 Å². The Morgan fingerprint density at radius 2 is 1.90 bits per heavy atom. The third-order valence-corrected chi connectivity index (χ3v) is 3.08. The van der Waals surface area contributed by atoms with Crippen molar-refractivity contribution in [3.63, 3.8) is 0 Å². The van der Waals surface area contributed by atoms with E-state index in [1.807, 2.05) is 48.5 Å². The Bertz CT molecular complexity index is 551. The summed E-state index contributed by atoms with van der Waals surface area (Å²) in [7, 11) is 1.61. The number of rotatable bonds is 6. The van der Waals surface area contributed by atoms with Crippen molar-refractivity contribution in [1.29, 1.82) is 0 Å². The molecule has 0 saturated carbocycles. The van der Waals surface area contributed by atoms with E-state index in [4.69, 9.17) is 9.47 Å². The van der Waals surface area contributed by atoms with Gasteiger partial charge in [-0.2, -0.15) is 0 Å². The molecule has 0 aliphatic rings. The number of benzene rings is 2. The summed E-state index contributed by atoms with van der Waals surface area (Å²) in [6.45, 7) is 2.70. The Balaban J connectivity index is 2.29. The van der Waals surface area contributed by atoms with Crippen molar-refractivity contribution in [3.8, 4) is 11.5 Å². The average Bonchev–Trinajstić information content (AvgIpc) is 2.52. The number of aliphatic hydroxyl groups excluding tert-OH is 1. The van der Waals surface area contributed by atoms with Crippen molar-refractivity contribution >= 4 is 0 Å². The Kier molecular flexibility index (Phi) is 5.02. The van der Waals surface area contributed by atoms with E-state index in [2.05, 4.69) is 6.92 Å². The van der Waals surface area contributed by atoms with Gasteiger partial charge in [0.05, 0.1) is 13.7 Å². The molecule has 0 aliphatic heterocycles. The second-order valence-electron chi connectivity index (χ2n) is 4.57. The zero-order valence-electron chi connectivity index (χ0n) is 11.9. The first-order valence-corrected chi connectivity index (χ1v) is 6.80. The Labute approximate surface area is 119 Å². The molecule has 0 fully saturated rings. The number of ether oxygens (including phenoxy) is 2. The maximum absolute atomic E-state index is 10.6. The molecule has 1 atom stereocenters. The van der Waals surface area contributed by atoms with Gasteiger partial charge in [0.1, 0.15) is 17.6 Å². The van der Waals surface area contributed by atoms with Crippen LogP contribution >= 0.6 is 0 Å². The lowest BCUT2D eigenvalue weighted by Gasteiger charge is -2.16. The minimum Gasteiger partial charge on any atom is -0.497 e. The maximum atomic E-state index is 10.6. The molecule has 2 aromatic rings. The number of aliphatic hydroxyl groups is 1. The predicted molar refractivity (Wildman–Crippen MR) is 79.3 cm³/mol. The number of hydrogen-bond donors (Lipinski definition) is 1. The van der Waals surface area contributed by atoms with E-state index in [9.17, 15) is 5.11 Å². The van der Waals surface area contributed by atoms with Gasteiger partial charge in [-0.05, 0) is 30.2 Å². The third-order valence-electron chi connectivity index (χ3n) is 3.08. The maximum Gasteiger partial charge on any atom is 0.125 e. The molecule has 3 nitrogen and oxygen atoms in total. The Hall–Kier alpha value is -2.00. The smallest absolute Gasteiger partial charge is 0.125 e. The van der Waals surface area contributed by atoms with Crippen molar-refractivity contribution in [2.24, 2.45) is 0 Å². The van der Waals surface area contributed by atoms with Gasteiger partial charge in [0, 0.05) is 5.56 Å². The largest absolute Gasteiger partial charge is 0.497 e. The summed E-state index contributed by atoms with van der Waals surface area (Å²) in [5.74, 6) is 1.46. The molecule has 0 radical (unpaired) electrons. The zero-order valence-corrected chi connectivity index (χ0v) is 11.9. The SMILES string of the molecule is CCCOc1ccccc1C(O)c1cccc(OC)c1. The molecule has 1 N–H and O–H groups in total. The number of hydrogen-bond acceptors (Lipinski definition) is 3. The summed E-state index contributed by atoms with van der Waals surface area (Å²) in [6.07, 6.45) is 0.210. The Morgan fingerprint density at radius 1 is 1.10 bits per heavy atom. The molecule has 2 rings (SSSR count). The van der Waals surface area contributed by atoms with Gasteiger partial charge in [-0.15, -0.1) is 0 Å². The van der Waals surface area contributed by atoms with Crippen LogP contribution in [0.15, 0.2) is 48.5 Å². The summed E-state index contributed by atoms with van der Waals surface area (Å²) in [6, 6.07) is 15.0. The lowest BCUT2D eigenvalue weighted by Crippen LogP contribution is -2.05. The number of para-hydroxylation sites is 1. The highest BCUT2D eigenvalue weighted by Crippen LogP contribution is 2.31. The molecule has 2 aromatic carbocycles.